The number of aromatic nitrogens is 3. The lowest BCUT2D eigenvalue weighted by Crippen LogP contribution is -2.38. The number of carbonyl (C=O) groups excluding carboxylic acids is 1. The third-order valence-electron chi connectivity index (χ3n) is 4.05. The maximum absolute atomic E-state index is 12.9. The number of hydrogen-bond acceptors (Lipinski definition) is 3. The Labute approximate surface area is 126 Å². The molecule has 1 saturated heterocycles. The highest BCUT2D eigenvalue weighted by Crippen LogP contribution is 2.25. The highest BCUT2D eigenvalue weighted by Gasteiger charge is 2.26. The van der Waals surface area contributed by atoms with Crippen molar-refractivity contribution in [1.82, 2.24) is 19.7 Å². The lowest BCUT2D eigenvalue weighted by atomic mass is 9.95. The number of rotatable bonds is 2. The molecular formula is C15H17FN4O2. The van der Waals surface area contributed by atoms with Gasteiger partial charge in [-0.2, -0.15) is 5.10 Å². The molecule has 3 rings (SSSR count). The zero-order chi connectivity index (χ0) is 15.7. The van der Waals surface area contributed by atoms with Gasteiger partial charge in [-0.1, -0.05) is 0 Å². The number of aryl methyl sites for hydroxylation is 1. The number of hydrogen-bond donors (Lipinski definition) is 1. The number of amides is 1. The van der Waals surface area contributed by atoms with Crippen LogP contribution >= 0.6 is 0 Å². The minimum absolute atomic E-state index is 0.0898. The summed E-state index contributed by atoms with van der Waals surface area (Å²) in [5, 5.41) is 4.18. The number of nitrogens with one attached hydrogen (secondary N) is 1. The van der Waals surface area contributed by atoms with Gasteiger partial charge < -0.3 is 4.90 Å². The second-order valence-corrected chi connectivity index (χ2v) is 5.51. The molecule has 0 unspecified atom stereocenters. The Morgan fingerprint density at radius 2 is 1.91 bits per heavy atom. The number of likely N-dealkylation sites (tertiary alicyclic amines) is 1. The fourth-order valence-electron chi connectivity index (χ4n) is 2.74. The first-order valence-corrected chi connectivity index (χ1v) is 7.22. The van der Waals surface area contributed by atoms with Crippen LogP contribution < -0.4 is 5.69 Å². The number of benzene rings is 1. The van der Waals surface area contributed by atoms with Crippen LogP contribution in [0.3, 0.4) is 0 Å². The van der Waals surface area contributed by atoms with Crippen LogP contribution in [0.15, 0.2) is 29.1 Å². The van der Waals surface area contributed by atoms with Gasteiger partial charge in [-0.25, -0.2) is 13.9 Å². The highest BCUT2D eigenvalue weighted by molar-refractivity contribution is 5.94. The van der Waals surface area contributed by atoms with Gasteiger partial charge in [0, 0.05) is 31.6 Å². The van der Waals surface area contributed by atoms with Crippen LogP contribution in [-0.4, -0.2) is 38.7 Å². The molecule has 1 fully saturated rings. The first-order chi connectivity index (χ1) is 10.5. The van der Waals surface area contributed by atoms with Crippen molar-refractivity contribution < 1.29 is 9.18 Å². The van der Waals surface area contributed by atoms with Crippen molar-refractivity contribution in [3.8, 4) is 0 Å². The van der Waals surface area contributed by atoms with Gasteiger partial charge in [-0.3, -0.25) is 9.78 Å². The SMILES string of the molecule is Cn1nc(C2CCN(C(=O)c3ccc(F)cc3)CC2)[nH]c1=O. The number of carbonyl (C=O) groups is 1. The molecule has 1 N–H and O–H groups in total. The predicted molar refractivity (Wildman–Crippen MR) is 78.1 cm³/mol. The maximum Gasteiger partial charge on any atom is 0.343 e. The van der Waals surface area contributed by atoms with E-state index in [1.807, 2.05) is 0 Å². The molecule has 0 aliphatic carbocycles. The van der Waals surface area contributed by atoms with Gasteiger partial charge in [0.15, 0.2) is 0 Å². The molecule has 2 heterocycles. The Morgan fingerprint density at radius 3 is 2.45 bits per heavy atom. The Hall–Kier alpha value is -2.44. The minimum Gasteiger partial charge on any atom is -0.339 e. The van der Waals surface area contributed by atoms with E-state index in [9.17, 15) is 14.0 Å². The molecule has 0 bridgehead atoms. The van der Waals surface area contributed by atoms with Gasteiger partial charge in [0.1, 0.15) is 11.6 Å². The number of H-pyrrole nitrogens is 1. The molecule has 1 aromatic carbocycles. The summed E-state index contributed by atoms with van der Waals surface area (Å²) in [4.78, 5) is 28.3. The first kappa shape index (κ1) is 14.5. The third-order valence-corrected chi connectivity index (χ3v) is 4.05. The van der Waals surface area contributed by atoms with Gasteiger partial charge >= 0.3 is 5.69 Å². The van der Waals surface area contributed by atoms with Crippen molar-refractivity contribution in [2.45, 2.75) is 18.8 Å². The van der Waals surface area contributed by atoms with E-state index in [-0.39, 0.29) is 23.3 Å². The van der Waals surface area contributed by atoms with Gasteiger partial charge in [0.2, 0.25) is 0 Å². The molecule has 1 aliphatic heterocycles. The van der Waals surface area contributed by atoms with Crippen molar-refractivity contribution in [2.75, 3.05) is 13.1 Å². The summed E-state index contributed by atoms with van der Waals surface area (Å²) < 4.78 is 14.2. The third kappa shape index (κ3) is 2.79. The quantitative estimate of drug-likeness (QED) is 0.908. The molecule has 0 saturated carbocycles. The maximum atomic E-state index is 12.9. The van der Waals surface area contributed by atoms with Gasteiger partial charge in [0.05, 0.1) is 0 Å². The summed E-state index contributed by atoms with van der Waals surface area (Å²) in [7, 11) is 1.61. The molecule has 1 aromatic heterocycles. The molecule has 7 heteroatoms. The average Bonchev–Trinajstić information content (AvgIpc) is 2.87. The van der Waals surface area contributed by atoms with E-state index in [0.29, 0.717) is 24.5 Å². The van der Waals surface area contributed by atoms with E-state index < -0.39 is 0 Å². The van der Waals surface area contributed by atoms with Gasteiger partial charge in [-0.15, -0.1) is 0 Å². The molecule has 0 radical (unpaired) electrons. The first-order valence-electron chi connectivity index (χ1n) is 7.22. The van der Waals surface area contributed by atoms with Crippen molar-refractivity contribution in [3.63, 3.8) is 0 Å². The monoisotopic (exact) mass is 304 g/mol. The Kier molecular flexibility index (Phi) is 3.79. The van der Waals surface area contributed by atoms with Crippen molar-refractivity contribution >= 4 is 5.91 Å². The van der Waals surface area contributed by atoms with Crippen molar-refractivity contribution in [2.24, 2.45) is 7.05 Å². The standard InChI is InChI=1S/C15H17FN4O2/c1-19-15(22)17-13(18-19)10-6-8-20(9-7-10)14(21)11-2-4-12(16)5-3-11/h2-5,10H,6-9H2,1H3,(H,17,18,22). The molecule has 116 valence electrons. The zero-order valence-corrected chi connectivity index (χ0v) is 12.3. The average molecular weight is 304 g/mol. The smallest absolute Gasteiger partial charge is 0.339 e. The summed E-state index contributed by atoms with van der Waals surface area (Å²) >= 11 is 0. The molecule has 1 aliphatic rings. The van der Waals surface area contributed by atoms with Crippen LogP contribution in [0.2, 0.25) is 0 Å². The van der Waals surface area contributed by atoms with Crippen molar-refractivity contribution in [1.29, 1.82) is 0 Å². The fraction of sp³-hybridized carbons (Fsp3) is 0.400. The molecule has 2 aromatic rings. The summed E-state index contributed by atoms with van der Waals surface area (Å²) in [5.74, 6) is 0.398. The fourth-order valence-corrected chi connectivity index (χ4v) is 2.74. The Balaban J connectivity index is 1.65. The molecular weight excluding hydrogens is 287 g/mol. The highest BCUT2D eigenvalue weighted by atomic mass is 19.1. The summed E-state index contributed by atoms with van der Waals surface area (Å²) in [5.41, 5.74) is 0.269. The van der Waals surface area contributed by atoms with Crippen LogP contribution in [0.25, 0.3) is 0 Å². The Bertz CT molecular complexity index is 727. The normalized spacial score (nSPS) is 16.0. The number of halogens is 1. The second kappa shape index (κ2) is 5.75. The lowest BCUT2D eigenvalue weighted by molar-refractivity contribution is 0.0711. The topological polar surface area (TPSA) is 71.0 Å². The number of nitrogens with zero attached hydrogens (tertiary/aromatic N) is 3. The summed E-state index contributed by atoms with van der Waals surface area (Å²) in [6, 6.07) is 5.58. The van der Waals surface area contributed by atoms with E-state index in [2.05, 4.69) is 10.1 Å². The van der Waals surface area contributed by atoms with E-state index in [1.54, 1.807) is 11.9 Å². The summed E-state index contributed by atoms with van der Waals surface area (Å²) in [6.45, 7) is 1.19. The molecule has 22 heavy (non-hydrogen) atoms. The minimum atomic E-state index is -0.352. The van der Waals surface area contributed by atoms with Gasteiger partial charge in [-0.05, 0) is 37.1 Å². The number of aromatic amines is 1. The Morgan fingerprint density at radius 1 is 1.27 bits per heavy atom. The van der Waals surface area contributed by atoms with Crippen LogP contribution in [0, 0.1) is 5.82 Å². The van der Waals surface area contributed by atoms with Crippen LogP contribution in [0.4, 0.5) is 4.39 Å². The van der Waals surface area contributed by atoms with E-state index in [4.69, 9.17) is 0 Å². The van der Waals surface area contributed by atoms with E-state index in [0.717, 1.165) is 12.8 Å². The predicted octanol–water partition coefficient (Wildman–Crippen LogP) is 1.27. The van der Waals surface area contributed by atoms with Crippen LogP contribution in [0.1, 0.15) is 34.9 Å². The van der Waals surface area contributed by atoms with Crippen LogP contribution in [-0.2, 0) is 7.05 Å². The second-order valence-electron chi connectivity index (χ2n) is 5.51. The largest absolute Gasteiger partial charge is 0.343 e. The zero-order valence-electron chi connectivity index (χ0n) is 12.3. The van der Waals surface area contributed by atoms with Crippen molar-refractivity contribution in [3.05, 3.63) is 52.0 Å². The lowest BCUT2D eigenvalue weighted by Gasteiger charge is -2.31. The molecule has 1 amide bonds. The van der Waals surface area contributed by atoms with E-state index >= 15 is 0 Å². The van der Waals surface area contributed by atoms with Crippen LogP contribution in [0.5, 0.6) is 0 Å². The summed E-state index contributed by atoms with van der Waals surface area (Å²) in [6.07, 6.45) is 1.50. The van der Waals surface area contributed by atoms with E-state index in [1.165, 1.54) is 28.9 Å². The molecule has 0 atom stereocenters. The number of piperidine rings is 1. The van der Waals surface area contributed by atoms with Gasteiger partial charge in [0.25, 0.3) is 5.91 Å². The molecule has 6 nitrogen and oxygen atoms in total. The molecule has 0 spiro atoms.